The molecule has 2 nitrogen and oxygen atoms in total. The van der Waals surface area contributed by atoms with E-state index in [9.17, 15) is 0 Å². The first-order chi connectivity index (χ1) is 9.22. The summed E-state index contributed by atoms with van der Waals surface area (Å²) in [6, 6.07) is 0. The largest absolute Gasteiger partial charge is 0.346 e. The van der Waals surface area contributed by atoms with Gasteiger partial charge in [-0.25, -0.2) is 0 Å². The van der Waals surface area contributed by atoms with Crippen LogP contribution >= 0.6 is 0 Å². The summed E-state index contributed by atoms with van der Waals surface area (Å²) >= 11 is 0. The third-order valence-corrected chi connectivity index (χ3v) is 3.37. The molecule has 1 saturated heterocycles. The van der Waals surface area contributed by atoms with Crippen LogP contribution in [0.1, 0.15) is 54.4 Å². The van der Waals surface area contributed by atoms with Gasteiger partial charge in [0.1, 0.15) is 0 Å². The normalized spacial score (nSPS) is 22.0. The summed E-state index contributed by atoms with van der Waals surface area (Å²) in [5.41, 5.74) is 2.87. The minimum Gasteiger partial charge on any atom is -0.346 e. The second-order valence-electron chi connectivity index (χ2n) is 6.95. The van der Waals surface area contributed by atoms with Crippen LogP contribution in [-0.2, 0) is 9.47 Å². The molecule has 2 heteroatoms. The zero-order chi connectivity index (χ0) is 15.2. The van der Waals surface area contributed by atoms with Crippen molar-refractivity contribution in [1.82, 2.24) is 0 Å². The van der Waals surface area contributed by atoms with Gasteiger partial charge in [-0.05, 0) is 46.6 Å². The Labute approximate surface area is 124 Å². The van der Waals surface area contributed by atoms with E-state index < -0.39 is 5.79 Å². The Morgan fingerprint density at radius 3 is 2.20 bits per heavy atom. The maximum absolute atomic E-state index is 5.83. The fourth-order valence-electron chi connectivity index (χ4n) is 1.92. The molecule has 1 fully saturated rings. The second kappa shape index (κ2) is 7.24. The van der Waals surface area contributed by atoms with Crippen molar-refractivity contribution in [3.63, 3.8) is 0 Å². The van der Waals surface area contributed by atoms with Crippen LogP contribution in [0.2, 0.25) is 0 Å². The molecular weight excluding hydrogens is 248 g/mol. The molecule has 114 valence electrons. The Bertz CT molecular complexity index is 386. The molecule has 1 heterocycles. The molecule has 0 radical (unpaired) electrons. The minimum absolute atomic E-state index is 0.115. The van der Waals surface area contributed by atoms with E-state index in [2.05, 4.69) is 52.8 Å². The molecule has 0 aromatic heterocycles. The highest BCUT2D eigenvalue weighted by atomic mass is 16.7. The van der Waals surface area contributed by atoms with Crippen LogP contribution in [0.3, 0.4) is 0 Å². The first kappa shape index (κ1) is 17.2. The van der Waals surface area contributed by atoms with Gasteiger partial charge in [-0.2, -0.15) is 0 Å². The molecule has 0 atom stereocenters. The van der Waals surface area contributed by atoms with Crippen LogP contribution in [0, 0.1) is 5.41 Å². The standard InChI is InChI=1S/C18H30O2/c1-15(2)9-7-10-16(3)11-8-12-18(6)19-13-17(4,5)14-20-18/h8-9,11-12H,7,10,13-14H2,1-6H3/b12-8-,16-11+. The summed E-state index contributed by atoms with van der Waals surface area (Å²) < 4.78 is 11.7. The van der Waals surface area contributed by atoms with E-state index in [0.717, 1.165) is 26.1 Å². The van der Waals surface area contributed by atoms with Crippen LogP contribution in [0.4, 0.5) is 0 Å². The van der Waals surface area contributed by atoms with Gasteiger partial charge >= 0.3 is 0 Å². The van der Waals surface area contributed by atoms with Crippen LogP contribution in [0.15, 0.2) is 35.5 Å². The summed E-state index contributed by atoms with van der Waals surface area (Å²) in [5.74, 6) is -0.577. The highest BCUT2D eigenvalue weighted by Crippen LogP contribution is 2.29. The summed E-state index contributed by atoms with van der Waals surface area (Å²) in [7, 11) is 0. The topological polar surface area (TPSA) is 18.5 Å². The van der Waals surface area contributed by atoms with Gasteiger partial charge in [0.05, 0.1) is 13.2 Å². The van der Waals surface area contributed by atoms with Crippen LogP contribution in [-0.4, -0.2) is 19.0 Å². The van der Waals surface area contributed by atoms with Crippen LogP contribution in [0.5, 0.6) is 0 Å². The summed E-state index contributed by atoms with van der Waals surface area (Å²) in [4.78, 5) is 0. The molecule has 1 aliphatic heterocycles. The molecule has 0 bridgehead atoms. The first-order valence-electron chi connectivity index (χ1n) is 7.49. The molecule has 0 aromatic rings. The summed E-state index contributed by atoms with van der Waals surface area (Å²) in [5, 5.41) is 0. The van der Waals surface area contributed by atoms with E-state index in [1.165, 1.54) is 11.1 Å². The molecule has 0 N–H and O–H groups in total. The second-order valence-corrected chi connectivity index (χ2v) is 6.95. The number of allylic oxidation sites excluding steroid dienone is 5. The van der Waals surface area contributed by atoms with Gasteiger partial charge in [0.25, 0.3) is 0 Å². The monoisotopic (exact) mass is 278 g/mol. The lowest BCUT2D eigenvalue weighted by molar-refractivity contribution is -0.262. The number of rotatable bonds is 5. The Morgan fingerprint density at radius 1 is 1.05 bits per heavy atom. The van der Waals surface area contributed by atoms with E-state index in [1.807, 2.05) is 13.0 Å². The molecule has 0 spiro atoms. The van der Waals surface area contributed by atoms with E-state index >= 15 is 0 Å². The molecular formula is C18H30O2. The van der Waals surface area contributed by atoms with E-state index in [1.54, 1.807) is 0 Å². The molecule has 0 saturated carbocycles. The van der Waals surface area contributed by atoms with E-state index in [4.69, 9.17) is 9.47 Å². The third-order valence-electron chi connectivity index (χ3n) is 3.37. The first-order valence-corrected chi connectivity index (χ1v) is 7.49. The zero-order valence-electron chi connectivity index (χ0n) is 14.0. The van der Waals surface area contributed by atoms with Crippen molar-refractivity contribution in [1.29, 1.82) is 0 Å². The smallest absolute Gasteiger partial charge is 0.185 e. The molecule has 0 aromatic carbocycles. The maximum atomic E-state index is 5.83. The fraction of sp³-hybridized carbons (Fsp3) is 0.667. The highest BCUT2D eigenvalue weighted by Gasteiger charge is 2.34. The molecule has 1 rings (SSSR count). The van der Waals surface area contributed by atoms with Crippen molar-refractivity contribution >= 4 is 0 Å². The SMILES string of the molecule is CC(C)=CCC/C(C)=C/C=C\C1(C)OCC(C)(C)CO1. The van der Waals surface area contributed by atoms with Gasteiger partial charge in [-0.15, -0.1) is 0 Å². The summed E-state index contributed by atoms with van der Waals surface area (Å²) in [6.45, 7) is 14.2. The predicted octanol–water partition coefficient (Wildman–Crippen LogP) is 5.02. The van der Waals surface area contributed by atoms with Crippen LogP contribution < -0.4 is 0 Å². The minimum atomic E-state index is -0.577. The lowest BCUT2D eigenvalue weighted by atomic mass is 9.95. The molecule has 0 unspecified atom stereocenters. The van der Waals surface area contributed by atoms with Crippen LogP contribution in [0.25, 0.3) is 0 Å². The Morgan fingerprint density at radius 2 is 1.65 bits per heavy atom. The molecule has 0 aliphatic carbocycles. The van der Waals surface area contributed by atoms with Gasteiger partial charge < -0.3 is 9.47 Å². The Balaban J connectivity index is 2.45. The van der Waals surface area contributed by atoms with Crippen molar-refractivity contribution in [2.75, 3.05) is 13.2 Å². The van der Waals surface area contributed by atoms with Crippen molar-refractivity contribution in [3.05, 3.63) is 35.5 Å². The van der Waals surface area contributed by atoms with Crippen molar-refractivity contribution in [2.45, 2.75) is 60.2 Å². The van der Waals surface area contributed by atoms with Crippen molar-refractivity contribution in [2.24, 2.45) is 5.41 Å². The Hall–Kier alpha value is -0.860. The lowest BCUT2D eigenvalue weighted by Crippen LogP contribution is -2.44. The quantitative estimate of drug-likeness (QED) is 0.519. The van der Waals surface area contributed by atoms with Gasteiger partial charge in [0, 0.05) is 5.41 Å². The third kappa shape index (κ3) is 6.53. The average molecular weight is 278 g/mol. The van der Waals surface area contributed by atoms with E-state index in [-0.39, 0.29) is 5.41 Å². The lowest BCUT2D eigenvalue weighted by Gasteiger charge is -2.39. The van der Waals surface area contributed by atoms with Crippen molar-refractivity contribution < 1.29 is 9.47 Å². The fourth-order valence-corrected chi connectivity index (χ4v) is 1.92. The van der Waals surface area contributed by atoms with Gasteiger partial charge in [-0.1, -0.05) is 43.2 Å². The summed E-state index contributed by atoms with van der Waals surface area (Å²) in [6.07, 6.45) is 10.7. The molecule has 0 amide bonds. The number of hydrogen-bond donors (Lipinski definition) is 0. The van der Waals surface area contributed by atoms with Gasteiger partial charge in [0.15, 0.2) is 5.79 Å². The number of ether oxygens (including phenoxy) is 2. The highest BCUT2D eigenvalue weighted by molar-refractivity contribution is 5.14. The predicted molar refractivity (Wildman–Crippen MR) is 85.7 cm³/mol. The van der Waals surface area contributed by atoms with E-state index in [0.29, 0.717) is 0 Å². The number of hydrogen-bond acceptors (Lipinski definition) is 2. The van der Waals surface area contributed by atoms with Gasteiger partial charge in [0.2, 0.25) is 0 Å². The molecule has 1 aliphatic rings. The van der Waals surface area contributed by atoms with Crippen molar-refractivity contribution in [3.8, 4) is 0 Å². The Kier molecular flexibility index (Phi) is 6.22. The van der Waals surface area contributed by atoms with Gasteiger partial charge in [-0.3, -0.25) is 0 Å². The zero-order valence-corrected chi connectivity index (χ0v) is 14.0. The average Bonchev–Trinajstić information content (AvgIpc) is 2.33. The maximum Gasteiger partial charge on any atom is 0.185 e. The molecule has 20 heavy (non-hydrogen) atoms.